The molecule has 0 bridgehead atoms. The van der Waals surface area contributed by atoms with Gasteiger partial charge in [-0.15, -0.1) is 0 Å². The zero-order valence-corrected chi connectivity index (χ0v) is 16.3. The molecule has 0 aromatic heterocycles. The number of ketones is 1. The van der Waals surface area contributed by atoms with E-state index < -0.39 is 11.8 Å². The molecule has 8 heteroatoms. The molecule has 0 radical (unpaired) electrons. The van der Waals surface area contributed by atoms with Gasteiger partial charge in [0.05, 0.1) is 0 Å². The highest BCUT2D eigenvalue weighted by molar-refractivity contribution is 6.35. The van der Waals surface area contributed by atoms with Crippen molar-refractivity contribution in [3.8, 4) is 0 Å². The van der Waals surface area contributed by atoms with Crippen molar-refractivity contribution in [1.29, 1.82) is 0 Å². The molecular weight excluding hydrogens is 370 g/mol. The molecule has 7 nitrogen and oxygen atoms in total. The van der Waals surface area contributed by atoms with E-state index in [2.05, 4.69) is 5.32 Å². The molecule has 0 unspecified atom stereocenters. The summed E-state index contributed by atoms with van der Waals surface area (Å²) in [5.41, 5.74) is 0.527. The van der Waals surface area contributed by atoms with Crippen molar-refractivity contribution in [1.82, 2.24) is 15.1 Å². The predicted molar refractivity (Wildman–Crippen MR) is 101 cm³/mol. The minimum atomic E-state index is -0.627. The van der Waals surface area contributed by atoms with Gasteiger partial charge in [0.1, 0.15) is 0 Å². The van der Waals surface area contributed by atoms with Gasteiger partial charge in [-0.1, -0.05) is 11.6 Å². The first-order valence-corrected chi connectivity index (χ1v) is 9.32. The van der Waals surface area contributed by atoms with Gasteiger partial charge < -0.3 is 15.1 Å². The Hall–Kier alpha value is -2.41. The van der Waals surface area contributed by atoms with Crippen LogP contribution in [0.5, 0.6) is 0 Å². The summed E-state index contributed by atoms with van der Waals surface area (Å²) < 4.78 is 0. The molecule has 3 amide bonds. The molecule has 0 aliphatic carbocycles. The summed E-state index contributed by atoms with van der Waals surface area (Å²) in [6, 6.07) is 6.45. The van der Waals surface area contributed by atoms with Crippen molar-refractivity contribution >= 4 is 35.1 Å². The number of nitrogens with one attached hydrogen (secondary N) is 1. The third-order valence-corrected chi connectivity index (χ3v) is 4.52. The number of carbonyl (C=O) groups excluding carboxylic acids is 4. The maximum atomic E-state index is 12.3. The summed E-state index contributed by atoms with van der Waals surface area (Å²) in [5.74, 6) is -1.44. The van der Waals surface area contributed by atoms with Crippen LogP contribution in [0.1, 0.15) is 37.0 Å². The highest BCUT2D eigenvalue weighted by atomic mass is 35.5. The van der Waals surface area contributed by atoms with Crippen LogP contribution >= 0.6 is 11.6 Å². The minimum absolute atomic E-state index is 0.109. The molecule has 1 aromatic carbocycles. The Kier molecular flexibility index (Phi) is 7.36. The first kappa shape index (κ1) is 20.9. The number of hydrogen-bond acceptors (Lipinski definition) is 4. The largest absolute Gasteiger partial charge is 0.346 e. The molecule has 2 rings (SSSR count). The lowest BCUT2D eigenvalue weighted by atomic mass is 10.1. The number of carbonyl (C=O) groups is 4. The van der Waals surface area contributed by atoms with Gasteiger partial charge in [0.2, 0.25) is 5.91 Å². The number of rotatable bonds is 5. The molecule has 146 valence electrons. The van der Waals surface area contributed by atoms with Gasteiger partial charge >= 0.3 is 11.8 Å². The second kappa shape index (κ2) is 9.50. The van der Waals surface area contributed by atoms with E-state index in [1.54, 1.807) is 43.0 Å². The maximum Gasteiger partial charge on any atom is 0.312 e. The lowest BCUT2D eigenvalue weighted by Crippen LogP contribution is -2.54. The van der Waals surface area contributed by atoms with Gasteiger partial charge in [-0.05, 0) is 38.1 Å². The number of piperazine rings is 1. The molecule has 1 saturated heterocycles. The van der Waals surface area contributed by atoms with E-state index in [9.17, 15) is 19.2 Å². The lowest BCUT2D eigenvalue weighted by molar-refractivity contribution is -0.148. The smallest absolute Gasteiger partial charge is 0.312 e. The number of Topliss-reactive ketones (excluding diaryl/α,β-unsaturated/α-hetero) is 1. The Morgan fingerprint density at radius 1 is 0.963 bits per heavy atom. The first-order chi connectivity index (χ1) is 12.8. The van der Waals surface area contributed by atoms with Crippen LogP contribution in [-0.2, 0) is 14.4 Å². The fourth-order valence-electron chi connectivity index (χ4n) is 2.79. The number of hydrogen-bond donors (Lipinski definition) is 1. The summed E-state index contributed by atoms with van der Waals surface area (Å²) in [6.45, 7) is 4.89. The van der Waals surface area contributed by atoms with Gasteiger partial charge in [-0.25, -0.2) is 0 Å². The Morgan fingerprint density at radius 2 is 1.52 bits per heavy atom. The van der Waals surface area contributed by atoms with E-state index in [4.69, 9.17) is 11.6 Å². The predicted octanol–water partition coefficient (Wildman–Crippen LogP) is 1.50. The second-order valence-electron chi connectivity index (χ2n) is 6.73. The van der Waals surface area contributed by atoms with E-state index in [-0.39, 0.29) is 30.6 Å². The van der Waals surface area contributed by atoms with E-state index in [0.29, 0.717) is 36.8 Å². The van der Waals surface area contributed by atoms with E-state index in [0.717, 1.165) is 0 Å². The molecule has 27 heavy (non-hydrogen) atoms. The maximum absolute atomic E-state index is 12.3. The Morgan fingerprint density at radius 3 is 2.07 bits per heavy atom. The topological polar surface area (TPSA) is 86.8 Å². The van der Waals surface area contributed by atoms with Crippen LogP contribution in [0.2, 0.25) is 5.02 Å². The van der Waals surface area contributed by atoms with Crippen molar-refractivity contribution in [3.63, 3.8) is 0 Å². The fourth-order valence-corrected chi connectivity index (χ4v) is 2.91. The van der Waals surface area contributed by atoms with Gasteiger partial charge in [-0.2, -0.15) is 0 Å². The SMILES string of the molecule is CC(C)NC(=O)C(=O)N1CCN(C(=O)CCC(=O)c2ccc(Cl)cc2)CC1. The van der Waals surface area contributed by atoms with Crippen LogP contribution in [0.4, 0.5) is 0 Å². The highest BCUT2D eigenvalue weighted by Gasteiger charge is 2.28. The van der Waals surface area contributed by atoms with Crippen molar-refractivity contribution in [2.45, 2.75) is 32.7 Å². The minimum Gasteiger partial charge on any atom is -0.346 e. The Balaban J connectivity index is 1.77. The van der Waals surface area contributed by atoms with Crippen LogP contribution in [-0.4, -0.2) is 65.5 Å². The third-order valence-electron chi connectivity index (χ3n) is 4.27. The van der Waals surface area contributed by atoms with E-state index in [1.165, 1.54) is 4.90 Å². The number of benzene rings is 1. The molecule has 0 atom stereocenters. The van der Waals surface area contributed by atoms with Gasteiger partial charge in [0.15, 0.2) is 5.78 Å². The van der Waals surface area contributed by atoms with Crippen molar-refractivity contribution in [3.05, 3.63) is 34.9 Å². The second-order valence-corrected chi connectivity index (χ2v) is 7.17. The lowest BCUT2D eigenvalue weighted by Gasteiger charge is -2.34. The summed E-state index contributed by atoms with van der Waals surface area (Å²) in [6.07, 6.45) is 0.236. The molecule has 0 spiro atoms. The molecule has 1 aliphatic rings. The Bertz CT molecular complexity index is 710. The van der Waals surface area contributed by atoms with Crippen LogP contribution in [0.15, 0.2) is 24.3 Å². The zero-order chi connectivity index (χ0) is 20.0. The summed E-state index contributed by atoms with van der Waals surface area (Å²) in [5, 5.41) is 3.12. The summed E-state index contributed by atoms with van der Waals surface area (Å²) >= 11 is 5.80. The van der Waals surface area contributed by atoms with Gasteiger partial charge in [0.25, 0.3) is 0 Å². The molecule has 1 heterocycles. The van der Waals surface area contributed by atoms with Crippen molar-refractivity contribution < 1.29 is 19.2 Å². The van der Waals surface area contributed by atoms with Crippen LogP contribution in [0, 0.1) is 0 Å². The molecule has 1 aromatic rings. The van der Waals surface area contributed by atoms with Gasteiger partial charge in [-0.3, -0.25) is 19.2 Å². The quantitative estimate of drug-likeness (QED) is 0.606. The molecule has 1 fully saturated rings. The average Bonchev–Trinajstić information content (AvgIpc) is 2.65. The molecular formula is C19H24ClN3O4. The fraction of sp³-hybridized carbons (Fsp3) is 0.474. The molecule has 0 saturated carbocycles. The number of amides is 3. The van der Waals surface area contributed by atoms with E-state index >= 15 is 0 Å². The molecule has 1 aliphatic heterocycles. The monoisotopic (exact) mass is 393 g/mol. The average molecular weight is 394 g/mol. The molecule has 1 N–H and O–H groups in total. The van der Waals surface area contributed by atoms with Crippen molar-refractivity contribution in [2.75, 3.05) is 26.2 Å². The van der Waals surface area contributed by atoms with Crippen LogP contribution in [0.3, 0.4) is 0 Å². The number of nitrogens with zero attached hydrogens (tertiary/aromatic N) is 2. The normalized spacial score (nSPS) is 14.2. The third kappa shape index (κ3) is 6.06. The standard InChI is InChI=1S/C19H24ClN3O4/c1-13(2)21-18(26)19(27)23-11-9-22(10-12-23)17(25)8-7-16(24)14-3-5-15(20)6-4-14/h3-6,13H,7-12H2,1-2H3,(H,21,26). The van der Waals surface area contributed by atoms with E-state index in [1.807, 2.05) is 0 Å². The van der Waals surface area contributed by atoms with Crippen molar-refractivity contribution in [2.24, 2.45) is 0 Å². The Labute approximate surface area is 163 Å². The van der Waals surface area contributed by atoms with Gasteiger partial charge in [0, 0.05) is 55.6 Å². The van der Waals surface area contributed by atoms with Crippen LogP contribution < -0.4 is 5.32 Å². The van der Waals surface area contributed by atoms with Crippen LogP contribution in [0.25, 0.3) is 0 Å². The number of halogens is 1. The summed E-state index contributed by atoms with van der Waals surface area (Å²) in [7, 11) is 0. The first-order valence-electron chi connectivity index (χ1n) is 8.94. The zero-order valence-electron chi connectivity index (χ0n) is 15.5. The highest BCUT2D eigenvalue weighted by Crippen LogP contribution is 2.13. The summed E-state index contributed by atoms with van der Waals surface area (Å²) in [4.78, 5) is 51.4.